The molecule has 0 saturated carbocycles. The van der Waals surface area contributed by atoms with Gasteiger partial charge in [-0.15, -0.1) is 0 Å². The normalized spacial score (nSPS) is 13.3. The number of hydrogen-bond acceptors (Lipinski definition) is 5. The molecule has 2 aromatic carbocycles. The van der Waals surface area contributed by atoms with Crippen LogP contribution < -0.4 is 15.0 Å². The van der Waals surface area contributed by atoms with Gasteiger partial charge in [0.15, 0.2) is 5.65 Å². The molecule has 0 amide bonds. The molecule has 0 saturated heterocycles. The van der Waals surface area contributed by atoms with E-state index in [9.17, 15) is 0 Å². The molecule has 6 nitrogen and oxygen atoms in total. The van der Waals surface area contributed by atoms with E-state index in [1.807, 2.05) is 30.3 Å². The zero-order chi connectivity index (χ0) is 17.3. The van der Waals surface area contributed by atoms with Gasteiger partial charge in [0, 0.05) is 23.6 Å². The van der Waals surface area contributed by atoms with Gasteiger partial charge in [-0.05, 0) is 36.4 Å². The molecule has 5 rings (SSSR count). The molecule has 3 heterocycles. The number of ether oxygens (including phenoxy) is 1. The van der Waals surface area contributed by atoms with Gasteiger partial charge in [-0.1, -0.05) is 18.2 Å². The SMILES string of the molecule is c1ccc(N2CCOc3cc(Nc4[nH]nc5ncccc45)ccc32)cc1. The largest absolute Gasteiger partial charge is 0.489 e. The first kappa shape index (κ1) is 14.8. The van der Waals surface area contributed by atoms with Gasteiger partial charge in [0.2, 0.25) is 0 Å². The van der Waals surface area contributed by atoms with E-state index in [4.69, 9.17) is 4.74 Å². The van der Waals surface area contributed by atoms with Crippen LogP contribution in [0.15, 0.2) is 66.9 Å². The highest BCUT2D eigenvalue weighted by Crippen LogP contribution is 2.38. The summed E-state index contributed by atoms with van der Waals surface area (Å²) in [7, 11) is 0. The molecule has 0 bridgehead atoms. The maximum Gasteiger partial charge on any atom is 0.183 e. The lowest BCUT2D eigenvalue weighted by Crippen LogP contribution is -2.28. The molecule has 6 heteroatoms. The Bertz CT molecular complexity index is 1060. The van der Waals surface area contributed by atoms with Crippen LogP contribution in [0.2, 0.25) is 0 Å². The van der Waals surface area contributed by atoms with Gasteiger partial charge >= 0.3 is 0 Å². The standard InChI is InChI=1S/C20H17N5O/c1-2-5-15(6-3-1)25-11-12-26-18-13-14(8-9-17(18)25)22-20-16-7-4-10-21-19(16)23-24-20/h1-10,13H,11-12H2,(H2,21,22,23,24). The van der Waals surface area contributed by atoms with Crippen molar-refractivity contribution in [1.82, 2.24) is 15.2 Å². The van der Waals surface area contributed by atoms with E-state index in [2.05, 4.69) is 55.7 Å². The van der Waals surface area contributed by atoms with Crippen LogP contribution in [0.1, 0.15) is 0 Å². The summed E-state index contributed by atoms with van der Waals surface area (Å²) in [5.41, 5.74) is 3.88. The van der Waals surface area contributed by atoms with Crippen LogP contribution in [0, 0.1) is 0 Å². The summed E-state index contributed by atoms with van der Waals surface area (Å²) in [6.45, 7) is 1.49. The Hall–Kier alpha value is -3.54. The van der Waals surface area contributed by atoms with Gasteiger partial charge in [0.05, 0.1) is 17.6 Å². The molecule has 4 aromatic rings. The number of hydrogen-bond donors (Lipinski definition) is 2. The van der Waals surface area contributed by atoms with Crippen molar-refractivity contribution in [2.45, 2.75) is 0 Å². The summed E-state index contributed by atoms with van der Waals surface area (Å²) in [5.74, 6) is 1.69. The molecule has 2 N–H and O–H groups in total. The minimum Gasteiger partial charge on any atom is -0.489 e. The van der Waals surface area contributed by atoms with Gasteiger partial charge in [-0.25, -0.2) is 4.98 Å². The molecule has 128 valence electrons. The van der Waals surface area contributed by atoms with Crippen molar-refractivity contribution in [1.29, 1.82) is 0 Å². The van der Waals surface area contributed by atoms with E-state index >= 15 is 0 Å². The molecule has 0 atom stereocenters. The van der Waals surface area contributed by atoms with E-state index < -0.39 is 0 Å². The van der Waals surface area contributed by atoms with E-state index in [1.54, 1.807) is 6.20 Å². The van der Waals surface area contributed by atoms with Gasteiger partial charge in [-0.3, -0.25) is 5.10 Å². The number of anilines is 4. The van der Waals surface area contributed by atoms with Crippen molar-refractivity contribution in [2.24, 2.45) is 0 Å². The Morgan fingerprint density at radius 3 is 2.88 bits per heavy atom. The molecule has 0 radical (unpaired) electrons. The second kappa shape index (κ2) is 6.07. The topological polar surface area (TPSA) is 66.1 Å². The van der Waals surface area contributed by atoms with Gasteiger partial charge < -0.3 is 15.0 Å². The van der Waals surface area contributed by atoms with Crippen molar-refractivity contribution in [3.05, 3.63) is 66.9 Å². The molecular weight excluding hydrogens is 326 g/mol. The summed E-state index contributed by atoms with van der Waals surface area (Å²) >= 11 is 0. The Morgan fingerprint density at radius 1 is 1.04 bits per heavy atom. The fraction of sp³-hybridized carbons (Fsp3) is 0.100. The second-order valence-corrected chi connectivity index (χ2v) is 6.12. The third kappa shape index (κ3) is 2.52. The number of aromatic amines is 1. The summed E-state index contributed by atoms with van der Waals surface area (Å²) in [5, 5.41) is 11.5. The zero-order valence-corrected chi connectivity index (χ0v) is 14.0. The Balaban J connectivity index is 1.48. The van der Waals surface area contributed by atoms with Crippen LogP contribution in [0.5, 0.6) is 5.75 Å². The second-order valence-electron chi connectivity index (χ2n) is 6.12. The highest BCUT2D eigenvalue weighted by molar-refractivity contribution is 5.89. The van der Waals surface area contributed by atoms with Crippen molar-refractivity contribution < 1.29 is 4.74 Å². The van der Waals surface area contributed by atoms with Crippen molar-refractivity contribution >= 4 is 33.9 Å². The van der Waals surface area contributed by atoms with Crippen LogP contribution >= 0.6 is 0 Å². The molecular formula is C20H17N5O. The molecule has 0 fully saturated rings. The fourth-order valence-corrected chi connectivity index (χ4v) is 3.26. The summed E-state index contributed by atoms with van der Waals surface area (Å²) in [6, 6.07) is 20.4. The minimum absolute atomic E-state index is 0.655. The molecule has 0 spiro atoms. The van der Waals surface area contributed by atoms with E-state index in [0.717, 1.165) is 34.9 Å². The number of rotatable bonds is 3. The molecule has 0 unspecified atom stereocenters. The first-order valence-corrected chi connectivity index (χ1v) is 8.54. The lowest BCUT2D eigenvalue weighted by atomic mass is 10.2. The summed E-state index contributed by atoms with van der Waals surface area (Å²) < 4.78 is 5.90. The monoisotopic (exact) mass is 343 g/mol. The highest BCUT2D eigenvalue weighted by atomic mass is 16.5. The van der Waals surface area contributed by atoms with Gasteiger partial charge in [0.1, 0.15) is 18.2 Å². The third-order valence-corrected chi connectivity index (χ3v) is 4.49. The molecule has 26 heavy (non-hydrogen) atoms. The summed E-state index contributed by atoms with van der Waals surface area (Å²) in [6.07, 6.45) is 1.73. The number of fused-ring (bicyclic) bond motifs is 2. The zero-order valence-electron chi connectivity index (χ0n) is 14.0. The van der Waals surface area contributed by atoms with E-state index in [-0.39, 0.29) is 0 Å². The maximum absolute atomic E-state index is 5.90. The van der Waals surface area contributed by atoms with Crippen molar-refractivity contribution in [3.63, 3.8) is 0 Å². The number of para-hydroxylation sites is 1. The lowest BCUT2D eigenvalue weighted by molar-refractivity contribution is 0.314. The van der Waals surface area contributed by atoms with Crippen LogP contribution in [0.25, 0.3) is 11.0 Å². The van der Waals surface area contributed by atoms with E-state index in [0.29, 0.717) is 12.3 Å². The fourth-order valence-electron chi connectivity index (χ4n) is 3.26. The van der Waals surface area contributed by atoms with Crippen LogP contribution in [-0.2, 0) is 0 Å². The predicted molar refractivity (Wildman–Crippen MR) is 103 cm³/mol. The Kier molecular flexibility index (Phi) is 3.45. The average Bonchev–Trinajstić information content (AvgIpc) is 3.11. The van der Waals surface area contributed by atoms with Crippen molar-refractivity contribution in [2.75, 3.05) is 23.4 Å². The minimum atomic E-state index is 0.655. The van der Waals surface area contributed by atoms with Gasteiger partial charge in [0.25, 0.3) is 0 Å². The number of pyridine rings is 1. The number of nitrogens with zero attached hydrogens (tertiary/aromatic N) is 3. The summed E-state index contributed by atoms with van der Waals surface area (Å²) in [4.78, 5) is 6.52. The molecule has 1 aliphatic heterocycles. The lowest BCUT2D eigenvalue weighted by Gasteiger charge is -2.31. The average molecular weight is 343 g/mol. The quantitative estimate of drug-likeness (QED) is 0.583. The number of benzene rings is 2. The molecule has 0 aliphatic carbocycles. The Morgan fingerprint density at radius 2 is 1.96 bits per heavy atom. The number of aromatic nitrogens is 3. The third-order valence-electron chi connectivity index (χ3n) is 4.49. The maximum atomic E-state index is 5.90. The van der Waals surface area contributed by atoms with Crippen LogP contribution in [-0.4, -0.2) is 28.3 Å². The van der Waals surface area contributed by atoms with Crippen LogP contribution in [0.4, 0.5) is 22.9 Å². The van der Waals surface area contributed by atoms with Crippen LogP contribution in [0.3, 0.4) is 0 Å². The van der Waals surface area contributed by atoms with E-state index in [1.165, 1.54) is 5.69 Å². The predicted octanol–water partition coefficient (Wildman–Crippen LogP) is 4.23. The first-order valence-electron chi connectivity index (χ1n) is 8.54. The smallest absolute Gasteiger partial charge is 0.183 e. The van der Waals surface area contributed by atoms with Gasteiger partial charge in [-0.2, -0.15) is 5.10 Å². The number of nitrogens with one attached hydrogen (secondary N) is 2. The molecule has 2 aromatic heterocycles. The first-order chi connectivity index (χ1) is 12.9. The number of H-pyrrole nitrogens is 1. The highest BCUT2D eigenvalue weighted by Gasteiger charge is 2.20. The Labute approximate surface area is 150 Å². The molecule has 1 aliphatic rings. The van der Waals surface area contributed by atoms with Crippen molar-refractivity contribution in [3.8, 4) is 5.75 Å².